The Morgan fingerprint density at radius 2 is 1.89 bits per heavy atom. The van der Waals surface area contributed by atoms with Gasteiger partial charge in [-0.2, -0.15) is 5.10 Å². The molecular formula is C24H26ClN7O2S. The molecule has 0 atom stereocenters. The van der Waals surface area contributed by atoms with Crippen molar-refractivity contribution < 1.29 is 0 Å². The molecule has 1 aromatic carbocycles. The van der Waals surface area contributed by atoms with Gasteiger partial charge in [0.1, 0.15) is 11.1 Å². The maximum absolute atomic E-state index is 13.5. The molecule has 0 unspecified atom stereocenters. The number of nitrogens with zero attached hydrogens (tertiary/aromatic N) is 6. The number of H-pyrrole nitrogens is 1. The van der Waals surface area contributed by atoms with Crippen molar-refractivity contribution in [1.29, 1.82) is 0 Å². The normalized spacial score (nSPS) is 12.0. The van der Waals surface area contributed by atoms with Crippen molar-refractivity contribution in [3.05, 3.63) is 66.8 Å². The third-order valence-corrected chi connectivity index (χ3v) is 7.13. The predicted octanol–water partition coefficient (Wildman–Crippen LogP) is 3.81. The highest BCUT2D eigenvalue weighted by Crippen LogP contribution is 2.30. The minimum Gasteiger partial charge on any atom is -0.361 e. The van der Waals surface area contributed by atoms with Crippen LogP contribution in [-0.2, 0) is 34.2 Å². The second-order valence-electron chi connectivity index (χ2n) is 9.33. The van der Waals surface area contributed by atoms with Crippen LogP contribution in [0.5, 0.6) is 0 Å². The summed E-state index contributed by atoms with van der Waals surface area (Å²) in [6.07, 6.45) is 3.80. The van der Waals surface area contributed by atoms with Gasteiger partial charge in [-0.1, -0.05) is 25.4 Å². The summed E-state index contributed by atoms with van der Waals surface area (Å²) in [5.41, 5.74) is 2.87. The van der Waals surface area contributed by atoms with Gasteiger partial charge in [-0.15, -0.1) is 0 Å². The lowest BCUT2D eigenvalue weighted by atomic mass is 10.1. The minimum atomic E-state index is -0.386. The van der Waals surface area contributed by atoms with Crippen LogP contribution in [-0.4, -0.2) is 33.0 Å². The Balaban J connectivity index is 1.87. The zero-order chi connectivity index (χ0) is 25.2. The van der Waals surface area contributed by atoms with Crippen LogP contribution in [0.2, 0.25) is 5.02 Å². The Morgan fingerprint density at radius 3 is 2.54 bits per heavy atom. The van der Waals surface area contributed by atoms with E-state index in [-0.39, 0.29) is 17.2 Å². The lowest BCUT2D eigenvalue weighted by Crippen LogP contribution is -2.38. The van der Waals surface area contributed by atoms with Crippen molar-refractivity contribution in [3.8, 4) is 11.4 Å². The number of fused-ring (bicyclic) bond motifs is 2. The summed E-state index contributed by atoms with van der Waals surface area (Å²) in [4.78, 5) is 29.8. The van der Waals surface area contributed by atoms with E-state index in [1.54, 1.807) is 9.25 Å². The number of halogens is 1. The fourth-order valence-corrected chi connectivity index (χ4v) is 4.92. The van der Waals surface area contributed by atoms with Crippen molar-refractivity contribution >= 4 is 45.8 Å². The molecule has 182 valence electrons. The molecule has 11 heteroatoms. The Hall–Kier alpha value is -3.37. The molecule has 0 saturated heterocycles. The highest BCUT2D eigenvalue weighted by molar-refractivity contribution is 7.71. The summed E-state index contributed by atoms with van der Waals surface area (Å²) in [6.45, 7) is 4.86. The summed E-state index contributed by atoms with van der Waals surface area (Å²) in [5, 5.41) is 6.85. The average molecular weight is 512 g/mol. The van der Waals surface area contributed by atoms with Gasteiger partial charge < -0.3 is 14.1 Å². The highest BCUT2D eigenvalue weighted by atomic mass is 35.5. The molecule has 0 spiro atoms. The van der Waals surface area contributed by atoms with Gasteiger partial charge >= 0.3 is 5.69 Å². The van der Waals surface area contributed by atoms with E-state index in [9.17, 15) is 9.59 Å². The zero-order valence-electron chi connectivity index (χ0n) is 20.2. The third-order valence-electron chi connectivity index (χ3n) is 6.33. The van der Waals surface area contributed by atoms with Gasteiger partial charge in [-0.05, 0) is 41.9 Å². The first-order valence-corrected chi connectivity index (χ1v) is 12.1. The fraction of sp³-hybridized carbons (Fsp3) is 0.333. The van der Waals surface area contributed by atoms with Gasteiger partial charge in [-0.3, -0.25) is 18.6 Å². The summed E-state index contributed by atoms with van der Waals surface area (Å²) in [5.74, 6) is 0.185. The van der Waals surface area contributed by atoms with Crippen molar-refractivity contribution in [2.24, 2.45) is 27.1 Å². The molecule has 0 amide bonds. The third kappa shape index (κ3) is 3.68. The molecule has 0 bridgehead atoms. The average Bonchev–Trinajstić information content (AvgIpc) is 3.45. The summed E-state index contributed by atoms with van der Waals surface area (Å²) >= 11 is 11.8. The Morgan fingerprint density at radius 1 is 1.14 bits per heavy atom. The van der Waals surface area contributed by atoms with E-state index in [1.165, 1.54) is 7.05 Å². The van der Waals surface area contributed by atoms with E-state index >= 15 is 0 Å². The smallest absolute Gasteiger partial charge is 0.332 e. The first-order chi connectivity index (χ1) is 16.6. The van der Waals surface area contributed by atoms with Gasteiger partial charge in [0, 0.05) is 56.0 Å². The quantitative estimate of drug-likeness (QED) is 0.363. The van der Waals surface area contributed by atoms with E-state index in [4.69, 9.17) is 28.9 Å². The number of hydrogen-bond donors (Lipinski definition) is 1. The number of aromatic amines is 1. The summed E-state index contributed by atoms with van der Waals surface area (Å²) in [7, 11) is 5.23. The highest BCUT2D eigenvalue weighted by Gasteiger charge is 2.25. The maximum Gasteiger partial charge on any atom is 0.332 e. The van der Waals surface area contributed by atoms with E-state index in [0.29, 0.717) is 39.6 Å². The number of imidazole rings is 1. The number of benzene rings is 1. The Kier molecular flexibility index (Phi) is 5.60. The zero-order valence-corrected chi connectivity index (χ0v) is 21.7. The molecular weight excluding hydrogens is 486 g/mol. The standard InChI is InChI=1S/C24H26ClN7O2S/c1-13(2)10-31-21-19(22(33)30(5)23(31)34)20(18-12-28(3)24(35)29(18)4)32(27-21)11-14-9-26-17-7-6-15(25)8-16(14)17/h6-9,12-13,26H,10-11H2,1-5H3. The van der Waals surface area contributed by atoms with Crippen molar-refractivity contribution in [2.45, 2.75) is 26.9 Å². The van der Waals surface area contributed by atoms with E-state index in [1.807, 2.05) is 67.7 Å². The lowest BCUT2D eigenvalue weighted by molar-refractivity contribution is 0.498. The van der Waals surface area contributed by atoms with Crippen LogP contribution >= 0.6 is 23.8 Å². The van der Waals surface area contributed by atoms with Crippen molar-refractivity contribution in [3.63, 3.8) is 0 Å². The molecule has 0 radical (unpaired) electrons. The Bertz CT molecular complexity index is 1800. The first kappa shape index (κ1) is 23.4. The summed E-state index contributed by atoms with van der Waals surface area (Å²) in [6, 6.07) is 5.67. The number of rotatable bonds is 5. The van der Waals surface area contributed by atoms with Crippen LogP contribution in [0.4, 0.5) is 0 Å². The maximum atomic E-state index is 13.5. The predicted molar refractivity (Wildman–Crippen MR) is 141 cm³/mol. The Labute approximate surface area is 210 Å². The van der Waals surface area contributed by atoms with Gasteiger partial charge in [-0.25, -0.2) is 4.79 Å². The van der Waals surface area contributed by atoms with Crippen LogP contribution in [0.3, 0.4) is 0 Å². The van der Waals surface area contributed by atoms with Crippen LogP contribution in [0.1, 0.15) is 19.4 Å². The molecule has 5 aromatic rings. The van der Waals surface area contributed by atoms with E-state index in [2.05, 4.69) is 4.98 Å². The SMILES string of the molecule is CC(C)Cn1c(=O)n(C)c(=O)c2c(-c3cn(C)c(=S)n3C)n(Cc3c[nH]c4ccc(Cl)cc34)nc21. The number of nitrogens with one attached hydrogen (secondary N) is 1. The lowest BCUT2D eigenvalue weighted by Gasteiger charge is -2.11. The number of aromatic nitrogens is 7. The molecule has 5 rings (SSSR count). The minimum absolute atomic E-state index is 0.185. The molecule has 0 aliphatic carbocycles. The largest absolute Gasteiger partial charge is 0.361 e. The monoisotopic (exact) mass is 511 g/mol. The molecule has 0 fully saturated rings. The number of aryl methyl sites for hydroxylation is 1. The molecule has 0 saturated carbocycles. The fourth-order valence-electron chi connectivity index (χ4n) is 4.59. The van der Waals surface area contributed by atoms with Crippen LogP contribution in [0.25, 0.3) is 33.3 Å². The molecule has 4 aromatic heterocycles. The topological polar surface area (TPSA) is 87.5 Å². The van der Waals surface area contributed by atoms with Gasteiger partial charge in [0.25, 0.3) is 5.56 Å². The van der Waals surface area contributed by atoms with Gasteiger partial charge in [0.2, 0.25) is 0 Å². The summed E-state index contributed by atoms with van der Waals surface area (Å²) < 4.78 is 8.82. The van der Waals surface area contributed by atoms with Crippen LogP contribution in [0, 0.1) is 10.7 Å². The molecule has 1 N–H and O–H groups in total. The molecule has 0 aliphatic rings. The van der Waals surface area contributed by atoms with Gasteiger partial charge in [0.05, 0.1) is 12.2 Å². The van der Waals surface area contributed by atoms with Crippen LogP contribution < -0.4 is 11.2 Å². The van der Waals surface area contributed by atoms with Crippen molar-refractivity contribution in [1.82, 2.24) is 33.0 Å². The molecule has 0 aliphatic heterocycles. The second kappa shape index (κ2) is 8.39. The van der Waals surface area contributed by atoms with Gasteiger partial charge in [0.15, 0.2) is 10.4 Å². The molecule has 35 heavy (non-hydrogen) atoms. The first-order valence-electron chi connectivity index (χ1n) is 11.3. The van der Waals surface area contributed by atoms with Crippen LogP contribution in [0.15, 0.2) is 40.2 Å². The van der Waals surface area contributed by atoms with E-state index in [0.717, 1.165) is 26.7 Å². The van der Waals surface area contributed by atoms with Crippen molar-refractivity contribution in [2.75, 3.05) is 0 Å². The number of hydrogen-bond acceptors (Lipinski definition) is 4. The second-order valence-corrected chi connectivity index (χ2v) is 10.1. The molecule has 4 heterocycles. The van der Waals surface area contributed by atoms with E-state index < -0.39 is 0 Å². The molecule has 9 nitrogen and oxygen atoms in total.